The second-order valence-electron chi connectivity index (χ2n) is 8.53. The molecule has 0 aromatic heterocycles. The molecule has 9 heteroatoms. The summed E-state index contributed by atoms with van der Waals surface area (Å²) in [5.41, 5.74) is 2.15. The number of anilines is 2. The summed E-state index contributed by atoms with van der Waals surface area (Å²) in [5, 5.41) is 2.58. The van der Waals surface area contributed by atoms with E-state index in [0.717, 1.165) is 5.56 Å². The Labute approximate surface area is 188 Å². The van der Waals surface area contributed by atoms with Crippen LogP contribution in [0.5, 0.6) is 0 Å². The zero-order valence-corrected chi connectivity index (χ0v) is 19.6. The molecule has 0 radical (unpaired) electrons. The average molecular weight is 462 g/mol. The van der Waals surface area contributed by atoms with Crippen LogP contribution < -0.4 is 14.9 Å². The molecule has 172 valence electrons. The SMILES string of the molecule is CC(=O)N1c2ccc(S(=O)(=O)NC(C(=O)Nc3ccc(C)c(F)c3)C(C)C)cc2CC1C. The molecule has 2 aromatic rings. The van der Waals surface area contributed by atoms with Crippen molar-refractivity contribution in [3.05, 3.63) is 53.3 Å². The van der Waals surface area contributed by atoms with Gasteiger partial charge in [-0.3, -0.25) is 9.59 Å². The molecule has 1 aliphatic rings. The molecule has 2 aromatic carbocycles. The topological polar surface area (TPSA) is 95.6 Å². The standard InChI is InChI=1S/C23H28FN3O4S/c1-13(2)22(23(29)25-18-7-6-14(3)20(24)12-18)26-32(30,31)19-8-9-21-17(11-19)10-15(4)27(21)16(5)28/h6-9,11-13,15,22,26H,10H2,1-5H3,(H,25,29). The van der Waals surface area contributed by atoms with Gasteiger partial charge < -0.3 is 10.2 Å². The number of sulfonamides is 1. The number of amides is 2. The molecule has 0 saturated heterocycles. The molecule has 0 saturated carbocycles. The lowest BCUT2D eigenvalue weighted by atomic mass is 10.0. The summed E-state index contributed by atoms with van der Waals surface area (Å²) in [6.07, 6.45) is 0.547. The molecule has 0 bridgehead atoms. The van der Waals surface area contributed by atoms with Crippen molar-refractivity contribution in [2.75, 3.05) is 10.2 Å². The third kappa shape index (κ3) is 4.83. The molecular weight excluding hydrogens is 433 g/mol. The first-order chi connectivity index (χ1) is 14.9. The average Bonchev–Trinajstić information content (AvgIpc) is 3.03. The van der Waals surface area contributed by atoms with E-state index in [1.165, 1.54) is 25.1 Å². The summed E-state index contributed by atoms with van der Waals surface area (Å²) in [7, 11) is -4.02. The van der Waals surface area contributed by atoms with Crippen molar-refractivity contribution < 1.29 is 22.4 Å². The second-order valence-corrected chi connectivity index (χ2v) is 10.2. The predicted molar refractivity (Wildman–Crippen MR) is 121 cm³/mol. The monoisotopic (exact) mass is 461 g/mol. The molecule has 2 amide bonds. The Kier molecular flexibility index (Phi) is 6.71. The Morgan fingerprint density at radius 3 is 2.44 bits per heavy atom. The molecule has 0 fully saturated rings. The third-order valence-electron chi connectivity index (χ3n) is 5.59. The van der Waals surface area contributed by atoms with E-state index in [1.54, 1.807) is 43.9 Å². The molecule has 3 rings (SSSR count). The number of nitrogens with zero attached hydrogens (tertiary/aromatic N) is 1. The molecule has 0 spiro atoms. The first kappa shape index (κ1) is 23.9. The summed E-state index contributed by atoms with van der Waals surface area (Å²) in [6, 6.07) is 7.76. The van der Waals surface area contributed by atoms with Gasteiger partial charge >= 0.3 is 0 Å². The van der Waals surface area contributed by atoms with Crippen LogP contribution in [0.15, 0.2) is 41.3 Å². The van der Waals surface area contributed by atoms with Crippen LogP contribution in [0.1, 0.15) is 38.8 Å². The van der Waals surface area contributed by atoms with Gasteiger partial charge in [-0.15, -0.1) is 0 Å². The van der Waals surface area contributed by atoms with Crippen molar-refractivity contribution in [3.63, 3.8) is 0 Å². The number of hydrogen-bond acceptors (Lipinski definition) is 4. The molecule has 2 atom stereocenters. The first-order valence-electron chi connectivity index (χ1n) is 10.4. The molecule has 0 aliphatic carbocycles. The maximum absolute atomic E-state index is 13.8. The predicted octanol–water partition coefficient (Wildman–Crippen LogP) is 3.37. The fourth-order valence-electron chi connectivity index (χ4n) is 3.87. The summed E-state index contributed by atoms with van der Waals surface area (Å²) < 4.78 is 42.4. The van der Waals surface area contributed by atoms with Gasteiger partial charge in [-0.1, -0.05) is 19.9 Å². The van der Waals surface area contributed by atoms with Gasteiger partial charge in [0, 0.05) is 24.3 Å². The Hall–Kier alpha value is -2.78. The van der Waals surface area contributed by atoms with E-state index < -0.39 is 27.8 Å². The number of halogens is 1. The van der Waals surface area contributed by atoms with Crippen molar-refractivity contribution in [2.24, 2.45) is 5.92 Å². The van der Waals surface area contributed by atoms with Crippen LogP contribution in [0.3, 0.4) is 0 Å². The number of fused-ring (bicyclic) bond motifs is 1. The minimum atomic E-state index is -4.02. The van der Waals surface area contributed by atoms with Gasteiger partial charge in [0.2, 0.25) is 21.8 Å². The normalized spacial score (nSPS) is 16.7. The highest BCUT2D eigenvalue weighted by Crippen LogP contribution is 2.34. The lowest BCUT2D eigenvalue weighted by Gasteiger charge is -2.22. The Bertz CT molecular complexity index is 1160. The van der Waals surface area contributed by atoms with Crippen LogP contribution in [0, 0.1) is 18.7 Å². The maximum Gasteiger partial charge on any atom is 0.242 e. The lowest BCUT2D eigenvalue weighted by molar-refractivity contribution is -0.118. The van der Waals surface area contributed by atoms with Crippen LogP contribution in [0.4, 0.5) is 15.8 Å². The van der Waals surface area contributed by atoms with Crippen molar-refractivity contribution >= 4 is 33.2 Å². The maximum atomic E-state index is 13.8. The number of carbonyl (C=O) groups excluding carboxylic acids is 2. The van der Waals surface area contributed by atoms with E-state index >= 15 is 0 Å². The largest absolute Gasteiger partial charge is 0.325 e. The number of rotatable bonds is 6. The third-order valence-corrected chi connectivity index (χ3v) is 7.03. The molecule has 1 aliphatic heterocycles. The van der Waals surface area contributed by atoms with Gasteiger partial charge in [-0.25, -0.2) is 12.8 Å². The molecule has 7 nitrogen and oxygen atoms in total. The van der Waals surface area contributed by atoms with E-state index in [2.05, 4.69) is 10.0 Å². The smallest absolute Gasteiger partial charge is 0.242 e. The second kappa shape index (κ2) is 8.99. The van der Waals surface area contributed by atoms with E-state index in [0.29, 0.717) is 17.7 Å². The number of hydrogen-bond donors (Lipinski definition) is 2. The van der Waals surface area contributed by atoms with E-state index in [4.69, 9.17) is 0 Å². The minimum absolute atomic E-state index is 0.0219. The van der Waals surface area contributed by atoms with Crippen LogP contribution in [-0.4, -0.2) is 32.3 Å². The van der Waals surface area contributed by atoms with E-state index in [9.17, 15) is 22.4 Å². The Balaban J connectivity index is 1.83. The highest BCUT2D eigenvalue weighted by Gasteiger charge is 2.32. The lowest BCUT2D eigenvalue weighted by Crippen LogP contribution is -2.47. The molecule has 1 heterocycles. The first-order valence-corrected chi connectivity index (χ1v) is 11.9. The number of benzene rings is 2. The summed E-state index contributed by atoms with van der Waals surface area (Å²) in [5.74, 6) is -1.50. The van der Waals surface area contributed by atoms with Crippen LogP contribution in [0.25, 0.3) is 0 Å². The van der Waals surface area contributed by atoms with Crippen molar-refractivity contribution in [3.8, 4) is 0 Å². The van der Waals surface area contributed by atoms with E-state index in [1.807, 2.05) is 6.92 Å². The molecular formula is C23H28FN3O4S. The van der Waals surface area contributed by atoms with Gasteiger partial charge in [0.25, 0.3) is 0 Å². The van der Waals surface area contributed by atoms with Crippen LogP contribution >= 0.6 is 0 Å². The zero-order chi connectivity index (χ0) is 23.8. The van der Waals surface area contributed by atoms with E-state index in [-0.39, 0.29) is 28.4 Å². The van der Waals surface area contributed by atoms with Gasteiger partial charge in [0.15, 0.2) is 0 Å². The summed E-state index contributed by atoms with van der Waals surface area (Å²) in [6.45, 7) is 8.43. The number of carbonyl (C=O) groups is 2. The highest BCUT2D eigenvalue weighted by molar-refractivity contribution is 7.89. The van der Waals surface area contributed by atoms with Crippen molar-refractivity contribution in [1.82, 2.24) is 4.72 Å². The number of nitrogens with one attached hydrogen (secondary N) is 2. The fourth-order valence-corrected chi connectivity index (χ4v) is 5.27. The molecule has 32 heavy (non-hydrogen) atoms. The Morgan fingerprint density at radius 1 is 1.16 bits per heavy atom. The minimum Gasteiger partial charge on any atom is -0.325 e. The van der Waals surface area contributed by atoms with Crippen LogP contribution in [0.2, 0.25) is 0 Å². The zero-order valence-electron chi connectivity index (χ0n) is 18.8. The van der Waals surface area contributed by atoms with Crippen LogP contribution in [-0.2, 0) is 26.0 Å². The molecule has 2 unspecified atom stereocenters. The molecule has 2 N–H and O–H groups in total. The van der Waals surface area contributed by atoms with Crippen molar-refractivity contribution in [1.29, 1.82) is 0 Å². The Morgan fingerprint density at radius 2 is 1.84 bits per heavy atom. The summed E-state index contributed by atoms with van der Waals surface area (Å²) in [4.78, 5) is 26.4. The summed E-state index contributed by atoms with van der Waals surface area (Å²) >= 11 is 0. The quantitative estimate of drug-likeness (QED) is 0.690. The van der Waals surface area contributed by atoms with Gasteiger partial charge in [0.05, 0.1) is 4.90 Å². The van der Waals surface area contributed by atoms with Gasteiger partial charge in [-0.05, 0) is 67.6 Å². The van der Waals surface area contributed by atoms with Gasteiger partial charge in [0.1, 0.15) is 11.9 Å². The van der Waals surface area contributed by atoms with Gasteiger partial charge in [-0.2, -0.15) is 4.72 Å². The fraction of sp³-hybridized carbons (Fsp3) is 0.391. The highest BCUT2D eigenvalue weighted by atomic mass is 32.2. The number of aryl methyl sites for hydroxylation is 1. The van der Waals surface area contributed by atoms with Crippen molar-refractivity contribution in [2.45, 2.75) is 58.0 Å².